The lowest BCUT2D eigenvalue weighted by atomic mass is 9.74. The van der Waals surface area contributed by atoms with Gasteiger partial charge in [-0.3, -0.25) is 0 Å². The molecule has 0 aliphatic carbocycles. The second-order valence-electron chi connectivity index (χ2n) is 15.7. The van der Waals surface area contributed by atoms with Gasteiger partial charge in [0.25, 0.3) is 0 Å². The summed E-state index contributed by atoms with van der Waals surface area (Å²) in [5.74, 6) is 0.727. The van der Waals surface area contributed by atoms with Gasteiger partial charge in [-0.05, 0) is 79.5 Å². The first-order chi connectivity index (χ1) is 27.5. The molecule has 0 bridgehead atoms. The van der Waals surface area contributed by atoms with Crippen molar-refractivity contribution in [1.29, 1.82) is 0 Å². The number of aromatic nitrogens is 3. The van der Waals surface area contributed by atoms with Gasteiger partial charge in [0.15, 0.2) is 5.82 Å². The first-order valence-electron chi connectivity index (χ1n) is 19.4. The topological polar surface area (TPSA) is 30.7 Å². The maximum atomic E-state index is 5.42. The molecule has 2 aromatic heterocycles. The van der Waals surface area contributed by atoms with Crippen molar-refractivity contribution in [2.45, 2.75) is 19.3 Å². The molecule has 0 N–H and O–H groups in total. The fraction of sp³-hybridized carbons (Fsp3) is 0.0566. The summed E-state index contributed by atoms with van der Waals surface area (Å²) >= 11 is 0. The molecule has 0 unspecified atom stereocenters. The van der Waals surface area contributed by atoms with Crippen molar-refractivity contribution in [2.75, 3.05) is 0 Å². The quantitative estimate of drug-likeness (QED) is 0.171. The summed E-state index contributed by atoms with van der Waals surface area (Å²) in [4.78, 5) is 10.7. The highest BCUT2D eigenvalue weighted by molar-refractivity contribution is 6.32. The van der Waals surface area contributed by atoms with E-state index in [1.54, 1.807) is 0 Å². The van der Waals surface area contributed by atoms with Gasteiger partial charge in [0, 0.05) is 38.1 Å². The minimum Gasteiger partial charge on any atom is -0.308 e. The van der Waals surface area contributed by atoms with Crippen molar-refractivity contribution in [1.82, 2.24) is 14.5 Å². The molecule has 1 aliphatic heterocycles. The Morgan fingerprint density at radius 1 is 0.429 bits per heavy atom. The number of nitrogens with zero attached hydrogens (tertiary/aromatic N) is 3. The number of hydrogen-bond acceptors (Lipinski definition) is 2. The molecule has 262 valence electrons. The second-order valence-corrected chi connectivity index (χ2v) is 15.7. The summed E-state index contributed by atoms with van der Waals surface area (Å²) in [6, 6.07) is 63.9. The number of hydrogen-bond donors (Lipinski definition) is 0. The van der Waals surface area contributed by atoms with Crippen LogP contribution in [-0.2, 0) is 5.41 Å². The van der Waals surface area contributed by atoms with Crippen LogP contribution in [0.15, 0.2) is 176 Å². The van der Waals surface area contributed by atoms with Crippen LogP contribution in [0.1, 0.15) is 25.0 Å². The van der Waals surface area contributed by atoms with E-state index in [1.165, 1.54) is 76.5 Å². The Kier molecular flexibility index (Phi) is 6.40. The summed E-state index contributed by atoms with van der Waals surface area (Å²) in [5, 5.41) is 11.3. The van der Waals surface area contributed by atoms with E-state index in [-0.39, 0.29) is 5.41 Å². The lowest BCUT2D eigenvalue weighted by molar-refractivity contribution is 0.630. The van der Waals surface area contributed by atoms with Crippen LogP contribution in [0.25, 0.3) is 104 Å². The van der Waals surface area contributed by atoms with Gasteiger partial charge in [0.1, 0.15) is 0 Å². The monoisotopic (exact) mass is 713 g/mol. The van der Waals surface area contributed by atoms with E-state index >= 15 is 0 Å². The molecule has 3 nitrogen and oxygen atoms in total. The molecule has 1 aliphatic rings. The van der Waals surface area contributed by atoms with Gasteiger partial charge in [0.2, 0.25) is 0 Å². The van der Waals surface area contributed by atoms with E-state index in [0.29, 0.717) is 0 Å². The second kappa shape index (κ2) is 11.5. The predicted octanol–water partition coefficient (Wildman–Crippen LogP) is 13.8. The molecule has 9 aromatic carbocycles. The summed E-state index contributed by atoms with van der Waals surface area (Å²) in [5.41, 5.74) is 12.4. The minimum atomic E-state index is -0.271. The average molecular weight is 714 g/mol. The van der Waals surface area contributed by atoms with E-state index in [1.807, 2.05) is 0 Å². The molecule has 12 rings (SSSR count). The molecular formula is C53H35N3. The van der Waals surface area contributed by atoms with E-state index in [9.17, 15) is 0 Å². The Morgan fingerprint density at radius 3 is 1.93 bits per heavy atom. The van der Waals surface area contributed by atoms with Crippen molar-refractivity contribution >= 4 is 65.0 Å². The lowest BCUT2D eigenvalue weighted by Crippen LogP contribution is -2.26. The molecule has 11 aromatic rings. The molecule has 0 amide bonds. The normalized spacial score (nSPS) is 13.3. The fourth-order valence-corrected chi connectivity index (χ4v) is 9.70. The SMILES string of the molecule is CC1(C)c2cc(-c3nc(-c4ccccc4)c4cc(-c5cccc6ccccc56)ccc4n3)ccc2-n2c3c1cccc3c1c3ccccc3c3ccccc3c12. The number of para-hydroxylation sites is 1. The summed E-state index contributed by atoms with van der Waals surface area (Å²) in [6.07, 6.45) is 0. The van der Waals surface area contributed by atoms with Gasteiger partial charge in [-0.2, -0.15) is 0 Å². The Balaban J connectivity index is 1.10. The molecule has 0 radical (unpaired) electrons. The van der Waals surface area contributed by atoms with Crippen molar-refractivity contribution in [3.8, 4) is 39.5 Å². The first kappa shape index (κ1) is 31.3. The molecule has 3 heterocycles. The van der Waals surface area contributed by atoms with Gasteiger partial charge in [-0.25, -0.2) is 9.97 Å². The van der Waals surface area contributed by atoms with Gasteiger partial charge in [0.05, 0.1) is 27.9 Å². The van der Waals surface area contributed by atoms with Crippen LogP contribution in [0.5, 0.6) is 0 Å². The van der Waals surface area contributed by atoms with Crippen LogP contribution in [0.2, 0.25) is 0 Å². The number of fused-ring (bicyclic) bond motifs is 12. The highest BCUT2D eigenvalue weighted by Crippen LogP contribution is 2.51. The maximum absolute atomic E-state index is 5.42. The average Bonchev–Trinajstić information content (AvgIpc) is 3.61. The smallest absolute Gasteiger partial charge is 0.160 e. The number of rotatable bonds is 3. The Morgan fingerprint density at radius 2 is 1.09 bits per heavy atom. The fourth-order valence-electron chi connectivity index (χ4n) is 9.70. The predicted molar refractivity (Wildman–Crippen MR) is 235 cm³/mol. The first-order valence-corrected chi connectivity index (χ1v) is 19.4. The lowest BCUT2D eigenvalue weighted by Gasteiger charge is -2.35. The Hall–Kier alpha value is -7.10. The van der Waals surface area contributed by atoms with Crippen molar-refractivity contribution in [3.05, 3.63) is 187 Å². The third-order valence-corrected chi connectivity index (χ3v) is 12.3. The minimum absolute atomic E-state index is 0.271. The molecule has 56 heavy (non-hydrogen) atoms. The third kappa shape index (κ3) is 4.28. The zero-order chi connectivity index (χ0) is 37.1. The molecule has 0 fully saturated rings. The third-order valence-electron chi connectivity index (χ3n) is 12.3. The molecule has 0 saturated carbocycles. The summed E-state index contributed by atoms with van der Waals surface area (Å²) in [6.45, 7) is 4.74. The van der Waals surface area contributed by atoms with Crippen LogP contribution in [0.4, 0.5) is 0 Å². The Bertz CT molecular complexity index is 3440. The Labute approximate surface area is 324 Å². The van der Waals surface area contributed by atoms with E-state index in [0.717, 1.165) is 39.1 Å². The van der Waals surface area contributed by atoms with Crippen molar-refractivity contribution in [2.24, 2.45) is 0 Å². The van der Waals surface area contributed by atoms with Crippen LogP contribution >= 0.6 is 0 Å². The molecule has 3 heteroatoms. The van der Waals surface area contributed by atoms with Crippen LogP contribution in [0.3, 0.4) is 0 Å². The van der Waals surface area contributed by atoms with Crippen molar-refractivity contribution in [3.63, 3.8) is 0 Å². The van der Waals surface area contributed by atoms with Crippen LogP contribution in [0, 0.1) is 0 Å². The van der Waals surface area contributed by atoms with Gasteiger partial charge < -0.3 is 4.57 Å². The highest BCUT2D eigenvalue weighted by atomic mass is 15.0. The standard InChI is InChI=1S/C53H35N3/c1-53(2)44-25-13-24-42-48-40-21-10-8-19-38(40)39-20-9-11-22-41(39)51(48)56(50(42)44)47-29-27-35(31-45(47)53)52-54-46-28-26-34(37-23-12-17-32-14-6-7-18-36(32)37)30-43(46)49(55-52)33-15-4-3-5-16-33/h3-31H,1-2H3. The summed E-state index contributed by atoms with van der Waals surface area (Å²) < 4.78 is 2.55. The van der Waals surface area contributed by atoms with Gasteiger partial charge >= 0.3 is 0 Å². The van der Waals surface area contributed by atoms with Crippen molar-refractivity contribution < 1.29 is 0 Å². The van der Waals surface area contributed by atoms with E-state index in [4.69, 9.17) is 9.97 Å². The van der Waals surface area contributed by atoms with Gasteiger partial charge in [-0.15, -0.1) is 0 Å². The van der Waals surface area contributed by atoms with Gasteiger partial charge in [-0.1, -0.05) is 159 Å². The molecule has 0 spiro atoms. The maximum Gasteiger partial charge on any atom is 0.160 e. The molecule has 0 saturated heterocycles. The summed E-state index contributed by atoms with van der Waals surface area (Å²) in [7, 11) is 0. The van der Waals surface area contributed by atoms with Crippen LogP contribution in [-0.4, -0.2) is 14.5 Å². The van der Waals surface area contributed by atoms with Crippen LogP contribution < -0.4 is 0 Å². The van der Waals surface area contributed by atoms with E-state index < -0.39 is 0 Å². The highest BCUT2D eigenvalue weighted by Gasteiger charge is 2.36. The molecular weight excluding hydrogens is 679 g/mol. The largest absolute Gasteiger partial charge is 0.308 e. The number of benzene rings is 9. The molecule has 0 atom stereocenters. The zero-order valence-electron chi connectivity index (χ0n) is 31.1. The van der Waals surface area contributed by atoms with E-state index in [2.05, 4.69) is 194 Å². The zero-order valence-corrected chi connectivity index (χ0v) is 31.1.